The van der Waals surface area contributed by atoms with E-state index in [4.69, 9.17) is 5.73 Å². The molecule has 1 heterocycles. The summed E-state index contributed by atoms with van der Waals surface area (Å²) in [6.07, 6.45) is 6.11. The summed E-state index contributed by atoms with van der Waals surface area (Å²) in [5.74, 6) is 0.156. The maximum atomic E-state index is 11.0. The zero-order valence-corrected chi connectivity index (χ0v) is 10.9. The van der Waals surface area contributed by atoms with Crippen LogP contribution < -0.4 is 11.1 Å². The lowest BCUT2D eigenvalue weighted by Gasteiger charge is -2.13. The first kappa shape index (κ1) is 12.9. The van der Waals surface area contributed by atoms with Crippen LogP contribution in [-0.2, 0) is 0 Å². The molecule has 3 N–H and O–H groups in total. The Labute approximate surface area is 109 Å². The fourth-order valence-corrected chi connectivity index (χ4v) is 2.46. The Morgan fingerprint density at radius 1 is 1.44 bits per heavy atom. The largest absolute Gasteiger partial charge is 0.378 e. The van der Waals surface area contributed by atoms with Gasteiger partial charge in [0.05, 0.1) is 4.92 Å². The Hall–Kier alpha value is -1.57. The minimum atomic E-state index is -0.531. The van der Waals surface area contributed by atoms with E-state index < -0.39 is 4.92 Å². The molecule has 8 heteroatoms. The molecule has 2 rings (SSSR count). The number of nitrogen functional groups attached to an aromatic ring is 1. The molecular weight excluding hydrogens is 254 g/mol. The van der Waals surface area contributed by atoms with Crippen molar-refractivity contribution in [3.8, 4) is 0 Å². The molecule has 0 radical (unpaired) electrons. The van der Waals surface area contributed by atoms with Gasteiger partial charge in [0, 0.05) is 6.04 Å². The predicted molar refractivity (Wildman–Crippen MR) is 70.8 cm³/mol. The number of nitrogens with two attached hydrogens (primary N) is 1. The molecule has 0 saturated heterocycles. The summed E-state index contributed by atoms with van der Waals surface area (Å²) < 4.78 is 0. The quantitative estimate of drug-likeness (QED) is 0.373. The Morgan fingerprint density at radius 3 is 2.67 bits per heavy atom. The lowest BCUT2D eigenvalue weighted by atomic mass is 10.2. The molecule has 98 valence electrons. The zero-order valence-electron chi connectivity index (χ0n) is 10.0. The Balaban J connectivity index is 2.34. The molecule has 0 aromatic carbocycles. The number of rotatable bonds is 4. The van der Waals surface area contributed by atoms with Gasteiger partial charge in [-0.05, 0) is 19.1 Å². The summed E-state index contributed by atoms with van der Waals surface area (Å²) in [5, 5.41) is 14.6. The first-order chi connectivity index (χ1) is 8.61. The summed E-state index contributed by atoms with van der Waals surface area (Å²) in [4.78, 5) is 18.5. The summed E-state index contributed by atoms with van der Waals surface area (Å²) in [6, 6.07) is 0.243. The fraction of sp³-hybridized carbons (Fsp3) is 0.600. The molecule has 0 spiro atoms. The highest BCUT2D eigenvalue weighted by molar-refractivity contribution is 7.98. The van der Waals surface area contributed by atoms with Crippen LogP contribution in [0.5, 0.6) is 0 Å². The van der Waals surface area contributed by atoms with Gasteiger partial charge in [-0.3, -0.25) is 10.1 Å². The van der Waals surface area contributed by atoms with Crippen LogP contribution in [0, 0.1) is 10.1 Å². The third-order valence-corrected chi connectivity index (χ3v) is 3.50. The van der Waals surface area contributed by atoms with Gasteiger partial charge < -0.3 is 11.1 Å². The number of nitro groups is 1. The van der Waals surface area contributed by atoms with Crippen LogP contribution in [0.25, 0.3) is 0 Å². The molecule has 7 nitrogen and oxygen atoms in total. The van der Waals surface area contributed by atoms with Crippen LogP contribution in [0.15, 0.2) is 5.16 Å². The molecule has 0 bridgehead atoms. The van der Waals surface area contributed by atoms with E-state index in [9.17, 15) is 10.1 Å². The average molecular weight is 269 g/mol. The van der Waals surface area contributed by atoms with Gasteiger partial charge in [-0.25, -0.2) is 0 Å². The van der Waals surface area contributed by atoms with Gasteiger partial charge in [-0.2, -0.15) is 9.97 Å². The minimum Gasteiger partial charge on any atom is -0.378 e. The zero-order chi connectivity index (χ0) is 13.1. The van der Waals surface area contributed by atoms with Crippen LogP contribution >= 0.6 is 11.8 Å². The number of anilines is 2. The second-order valence-electron chi connectivity index (χ2n) is 4.18. The van der Waals surface area contributed by atoms with E-state index in [-0.39, 0.29) is 23.4 Å². The highest BCUT2D eigenvalue weighted by Crippen LogP contribution is 2.32. The van der Waals surface area contributed by atoms with E-state index in [0.29, 0.717) is 5.16 Å². The number of hydrogen-bond donors (Lipinski definition) is 2. The molecule has 1 aromatic heterocycles. The summed E-state index contributed by atoms with van der Waals surface area (Å²) >= 11 is 1.31. The van der Waals surface area contributed by atoms with Crippen molar-refractivity contribution in [3.05, 3.63) is 10.1 Å². The van der Waals surface area contributed by atoms with Gasteiger partial charge in [-0.15, -0.1) is 0 Å². The molecule has 0 aliphatic heterocycles. The average Bonchev–Trinajstić information content (AvgIpc) is 2.80. The number of aromatic nitrogens is 2. The van der Waals surface area contributed by atoms with Crippen molar-refractivity contribution in [1.29, 1.82) is 0 Å². The molecule has 0 amide bonds. The molecule has 1 aliphatic carbocycles. The van der Waals surface area contributed by atoms with Crippen molar-refractivity contribution in [3.63, 3.8) is 0 Å². The monoisotopic (exact) mass is 269 g/mol. The summed E-state index contributed by atoms with van der Waals surface area (Å²) in [5.41, 5.74) is 5.40. The summed E-state index contributed by atoms with van der Waals surface area (Å²) in [6.45, 7) is 0. The van der Waals surface area contributed by atoms with Gasteiger partial charge in [0.2, 0.25) is 11.6 Å². The van der Waals surface area contributed by atoms with Crippen molar-refractivity contribution in [2.75, 3.05) is 17.3 Å². The summed E-state index contributed by atoms with van der Waals surface area (Å²) in [7, 11) is 0. The molecule has 1 aliphatic rings. The van der Waals surface area contributed by atoms with E-state index in [1.165, 1.54) is 11.8 Å². The first-order valence-corrected chi connectivity index (χ1v) is 6.96. The maximum absolute atomic E-state index is 11.0. The third kappa shape index (κ3) is 2.63. The Bertz CT molecular complexity index is 462. The highest BCUT2D eigenvalue weighted by Gasteiger charge is 2.26. The van der Waals surface area contributed by atoms with Gasteiger partial charge in [0.1, 0.15) is 0 Å². The second kappa shape index (κ2) is 5.38. The van der Waals surface area contributed by atoms with Crippen molar-refractivity contribution < 1.29 is 4.92 Å². The van der Waals surface area contributed by atoms with Gasteiger partial charge in [0.15, 0.2) is 5.16 Å². The maximum Gasteiger partial charge on any atom is 0.353 e. The van der Waals surface area contributed by atoms with Crippen LogP contribution in [0.4, 0.5) is 17.3 Å². The van der Waals surface area contributed by atoms with E-state index >= 15 is 0 Å². The van der Waals surface area contributed by atoms with Crippen LogP contribution in [-0.4, -0.2) is 27.2 Å². The van der Waals surface area contributed by atoms with E-state index in [1.807, 2.05) is 0 Å². The first-order valence-electron chi connectivity index (χ1n) is 5.74. The van der Waals surface area contributed by atoms with Crippen LogP contribution in [0.2, 0.25) is 0 Å². The number of nitrogens with zero attached hydrogens (tertiary/aromatic N) is 3. The van der Waals surface area contributed by atoms with E-state index in [2.05, 4.69) is 15.3 Å². The lowest BCUT2D eigenvalue weighted by Crippen LogP contribution is -2.18. The molecule has 18 heavy (non-hydrogen) atoms. The topological polar surface area (TPSA) is 107 Å². The Kier molecular flexibility index (Phi) is 3.85. The van der Waals surface area contributed by atoms with Crippen LogP contribution in [0.3, 0.4) is 0 Å². The molecule has 0 unspecified atom stereocenters. The normalized spacial score (nSPS) is 15.8. The number of thioether (sulfide) groups is 1. The third-order valence-electron chi connectivity index (χ3n) is 2.95. The number of nitrogens with one attached hydrogen (secondary N) is 1. The molecular formula is C10H15N5O2S. The van der Waals surface area contributed by atoms with Gasteiger partial charge in [-0.1, -0.05) is 24.6 Å². The highest BCUT2D eigenvalue weighted by atomic mass is 32.2. The molecule has 1 aromatic rings. The fourth-order valence-electron chi connectivity index (χ4n) is 2.09. The van der Waals surface area contributed by atoms with E-state index in [0.717, 1.165) is 25.7 Å². The van der Waals surface area contributed by atoms with Crippen molar-refractivity contribution in [2.45, 2.75) is 36.9 Å². The lowest BCUT2D eigenvalue weighted by molar-refractivity contribution is -0.383. The standard InChI is InChI=1S/C10H15N5O2S/c1-18-10-13-8(11)7(15(16)17)9(14-10)12-6-4-2-3-5-6/h6H,2-5H2,1H3,(H3,11,12,13,14). The second-order valence-corrected chi connectivity index (χ2v) is 4.95. The molecule has 1 saturated carbocycles. The Morgan fingerprint density at radius 2 is 2.11 bits per heavy atom. The van der Waals surface area contributed by atoms with E-state index in [1.54, 1.807) is 6.26 Å². The minimum absolute atomic E-state index is 0.0835. The van der Waals surface area contributed by atoms with Crippen molar-refractivity contribution >= 4 is 29.1 Å². The van der Waals surface area contributed by atoms with Crippen LogP contribution in [0.1, 0.15) is 25.7 Å². The van der Waals surface area contributed by atoms with Gasteiger partial charge >= 0.3 is 5.69 Å². The van der Waals surface area contributed by atoms with Gasteiger partial charge in [0.25, 0.3) is 0 Å². The number of hydrogen-bond acceptors (Lipinski definition) is 7. The predicted octanol–water partition coefficient (Wildman–Crippen LogP) is 2.04. The molecule has 1 fully saturated rings. The molecule has 0 atom stereocenters. The van der Waals surface area contributed by atoms with Crippen molar-refractivity contribution in [1.82, 2.24) is 9.97 Å². The van der Waals surface area contributed by atoms with Crippen molar-refractivity contribution in [2.24, 2.45) is 0 Å². The SMILES string of the molecule is CSc1nc(N)c([N+](=O)[O-])c(NC2CCCC2)n1. The smallest absolute Gasteiger partial charge is 0.353 e.